The van der Waals surface area contributed by atoms with Gasteiger partial charge in [0.15, 0.2) is 11.5 Å². The number of nitrogens with zero attached hydrogens (tertiary/aromatic N) is 3. The Morgan fingerprint density at radius 2 is 1.73 bits per heavy atom. The van der Waals surface area contributed by atoms with Crippen molar-refractivity contribution in [3.63, 3.8) is 0 Å². The van der Waals surface area contributed by atoms with E-state index in [1.807, 2.05) is 0 Å². The highest BCUT2D eigenvalue weighted by Gasteiger charge is 2.41. The molecule has 3 aromatic carbocycles. The number of ether oxygens (including phenoxy) is 3. The molecule has 0 radical (unpaired) electrons. The number of benzene rings is 3. The number of nitrogens with two attached hydrogens (primary N) is 1. The van der Waals surface area contributed by atoms with E-state index in [-0.39, 0.29) is 18.2 Å². The van der Waals surface area contributed by atoms with Crippen LogP contribution < -0.4 is 19.5 Å². The van der Waals surface area contributed by atoms with E-state index >= 15 is 0 Å². The highest BCUT2D eigenvalue weighted by molar-refractivity contribution is 7.80. The number of nitrogens with one attached hydrogen (secondary N) is 1. The largest absolute Gasteiger partial charge is 0.755 e. The van der Waals surface area contributed by atoms with E-state index in [0.717, 1.165) is 15.3 Å². The minimum Gasteiger partial charge on any atom is -0.755 e. The van der Waals surface area contributed by atoms with Crippen LogP contribution >= 0.6 is 0 Å². The van der Waals surface area contributed by atoms with Gasteiger partial charge >= 0.3 is 0 Å². The fraction of sp³-hybridized carbons (Fsp3) is 0.387. The van der Waals surface area contributed by atoms with E-state index in [4.69, 9.17) is 25.4 Å². The van der Waals surface area contributed by atoms with Crippen molar-refractivity contribution in [3.05, 3.63) is 65.7 Å². The second-order valence-electron chi connectivity index (χ2n) is 10.7. The summed E-state index contributed by atoms with van der Waals surface area (Å²) in [6, 6.07) is 13.8. The quantitative estimate of drug-likeness (QED) is 0.198. The summed E-state index contributed by atoms with van der Waals surface area (Å²) in [7, 11) is 3.06. The summed E-state index contributed by atoms with van der Waals surface area (Å²) in [6.07, 6.45) is 1.04. The number of hydrogen-bond acceptors (Lipinski definition) is 8. The van der Waals surface area contributed by atoms with Crippen molar-refractivity contribution in [2.24, 2.45) is 5.73 Å². The maximum atomic E-state index is 14.2. The molecule has 2 heterocycles. The molecular formula is C31H36N5O7S-. The molecule has 3 N–H and O–H groups in total. The number of amides is 2. The molecule has 12 nitrogen and oxygen atoms in total. The number of likely N-dealkylation sites (tertiary alicyclic amines) is 1. The van der Waals surface area contributed by atoms with Gasteiger partial charge in [-0.25, -0.2) is 0 Å². The minimum atomic E-state index is -2.78. The Balaban J connectivity index is 1.47. The number of amidine groups is 1. The van der Waals surface area contributed by atoms with Crippen LogP contribution in [0.25, 0.3) is 10.8 Å². The van der Waals surface area contributed by atoms with Crippen molar-refractivity contribution in [3.8, 4) is 11.5 Å². The number of rotatable bonds is 10. The third-order valence-electron chi connectivity index (χ3n) is 8.15. The topological polar surface area (TPSA) is 162 Å². The van der Waals surface area contributed by atoms with Gasteiger partial charge in [0.25, 0.3) is 0 Å². The molecule has 2 aliphatic heterocycles. The van der Waals surface area contributed by atoms with Crippen LogP contribution in [-0.4, -0.2) is 95.4 Å². The Hall–Kier alpha value is -4.20. The maximum absolute atomic E-state index is 14.2. The molecular weight excluding hydrogens is 586 g/mol. The van der Waals surface area contributed by atoms with Crippen molar-refractivity contribution in [2.75, 3.05) is 51.4 Å². The zero-order valence-corrected chi connectivity index (χ0v) is 25.5. The summed E-state index contributed by atoms with van der Waals surface area (Å²) in [5.41, 5.74) is 7.28. The van der Waals surface area contributed by atoms with Gasteiger partial charge in [0, 0.05) is 48.6 Å². The second kappa shape index (κ2) is 13.6. The molecule has 2 amide bonds. The summed E-state index contributed by atoms with van der Waals surface area (Å²) in [6.45, 7) is 1.95. The van der Waals surface area contributed by atoms with Gasteiger partial charge in [-0.3, -0.25) is 23.5 Å². The van der Waals surface area contributed by atoms with Gasteiger partial charge in [0.1, 0.15) is 17.9 Å². The molecule has 44 heavy (non-hydrogen) atoms. The van der Waals surface area contributed by atoms with Crippen molar-refractivity contribution < 1.29 is 32.6 Å². The first-order chi connectivity index (χ1) is 21.2. The predicted octanol–water partition coefficient (Wildman–Crippen LogP) is 2.20. The molecule has 3 atom stereocenters. The van der Waals surface area contributed by atoms with E-state index in [1.54, 1.807) is 66.6 Å². The molecule has 2 saturated heterocycles. The Kier molecular flexibility index (Phi) is 9.67. The van der Waals surface area contributed by atoms with Gasteiger partial charge in [-0.2, -0.15) is 0 Å². The number of nitrogen functional groups attached to an aromatic ring is 1. The lowest BCUT2D eigenvalue weighted by Gasteiger charge is -2.43. The number of carbonyl (C=O) groups excluding carboxylic acids is 2. The average molecular weight is 623 g/mol. The van der Waals surface area contributed by atoms with Gasteiger partial charge < -0.3 is 34.3 Å². The summed E-state index contributed by atoms with van der Waals surface area (Å²) in [5, 5.41) is 9.20. The molecule has 0 spiro atoms. The van der Waals surface area contributed by atoms with Crippen molar-refractivity contribution in [2.45, 2.75) is 31.3 Å². The van der Waals surface area contributed by atoms with Gasteiger partial charge in [0.05, 0.1) is 27.4 Å². The number of morpholine rings is 1. The van der Waals surface area contributed by atoms with Gasteiger partial charge in [-0.1, -0.05) is 30.3 Å². The monoisotopic (exact) mass is 622 g/mol. The number of hydrogen-bond donors (Lipinski definition) is 2. The Morgan fingerprint density at radius 3 is 2.34 bits per heavy atom. The van der Waals surface area contributed by atoms with Crippen LogP contribution in [0.15, 0.2) is 54.6 Å². The van der Waals surface area contributed by atoms with E-state index in [0.29, 0.717) is 73.8 Å². The number of piperidine rings is 1. The van der Waals surface area contributed by atoms with Crippen LogP contribution in [0.4, 0.5) is 5.69 Å². The lowest BCUT2D eigenvalue weighted by molar-refractivity contribution is -0.150. The molecule has 0 bridgehead atoms. The lowest BCUT2D eigenvalue weighted by atomic mass is 9.96. The Labute approximate surface area is 258 Å². The zero-order valence-electron chi connectivity index (χ0n) is 24.7. The summed E-state index contributed by atoms with van der Waals surface area (Å²) < 4.78 is 42.8. The first kappa shape index (κ1) is 31.2. The minimum absolute atomic E-state index is 0.0662. The van der Waals surface area contributed by atoms with E-state index in [1.165, 1.54) is 12.0 Å². The third-order valence-corrected chi connectivity index (χ3v) is 8.93. The van der Waals surface area contributed by atoms with E-state index in [2.05, 4.69) is 0 Å². The molecule has 3 aromatic rings. The standard InChI is InChI=1S/C31H37N5O7S/c1-41-27-18-22-9-10-24(17-23(22)19-28(27)42-2)36(44(39)40)25-4-3-11-35(31(25)38)26(30(37)34-12-14-43-15-13-34)16-20-5-7-21(8-6-20)29(32)33/h5-10,17-19,25-26H,3-4,11-16H2,1-2H3,(H3,32,33)(H,39,40)/p-1. The number of anilines is 1. The second-order valence-corrected chi connectivity index (χ2v) is 11.6. The smallest absolute Gasteiger partial charge is 0.247 e. The first-order valence-corrected chi connectivity index (χ1v) is 15.4. The van der Waals surface area contributed by atoms with Crippen LogP contribution in [0.1, 0.15) is 24.0 Å². The van der Waals surface area contributed by atoms with Crippen LogP contribution in [0, 0.1) is 5.41 Å². The molecule has 0 saturated carbocycles. The molecule has 0 aliphatic carbocycles. The fourth-order valence-corrected chi connectivity index (χ4v) is 6.53. The summed E-state index contributed by atoms with van der Waals surface area (Å²) in [5.74, 6) is 0.331. The molecule has 13 heteroatoms. The van der Waals surface area contributed by atoms with Crippen molar-refractivity contribution >= 4 is 45.4 Å². The highest BCUT2D eigenvalue weighted by Crippen LogP contribution is 2.35. The first-order valence-electron chi connectivity index (χ1n) is 14.4. The van der Waals surface area contributed by atoms with Crippen LogP contribution in [0.5, 0.6) is 11.5 Å². The molecule has 2 aliphatic rings. The normalized spacial score (nSPS) is 18.5. The van der Waals surface area contributed by atoms with Crippen LogP contribution in [-0.2, 0) is 32.0 Å². The van der Waals surface area contributed by atoms with Gasteiger partial charge in [-0.05, 0) is 53.4 Å². The molecule has 2 fully saturated rings. The molecule has 3 unspecified atom stereocenters. The Morgan fingerprint density at radius 1 is 1.07 bits per heavy atom. The maximum Gasteiger partial charge on any atom is 0.247 e. The SMILES string of the molecule is COc1cc2ccc(N(C3CCCN(C(Cc4ccc(C(=N)N)cc4)C(=O)N4CCOCC4)C3=O)S(=O)[O-])cc2cc1OC. The third kappa shape index (κ3) is 6.49. The number of methoxy groups -OCH3 is 2. The lowest BCUT2D eigenvalue weighted by Crippen LogP contribution is -2.60. The zero-order chi connectivity index (χ0) is 31.4. The molecule has 0 aromatic heterocycles. The predicted molar refractivity (Wildman–Crippen MR) is 166 cm³/mol. The Bertz CT molecular complexity index is 1560. The van der Waals surface area contributed by atoms with Gasteiger partial charge in [-0.15, -0.1) is 0 Å². The number of fused-ring (bicyclic) bond motifs is 1. The molecule has 5 rings (SSSR count). The van der Waals surface area contributed by atoms with Crippen LogP contribution in [0.2, 0.25) is 0 Å². The van der Waals surface area contributed by atoms with Crippen molar-refractivity contribution in [1.82, 2.24) is 9.80 Å². The van der Waals surface area contributed by atoms with Crippen LogP contribution in [0.3, 0.4) is 0 Å². The summed E-state index contributed by atoms with van der Waals surface area (Å²) in [4.78, 5) is 31.3. The van der Waals surface area contributed by atoms with E-state index in [9.17, 15) is 18.4 Å². The number of carbonyl (C=O) groups is 2. The highest BCUT2D eigenvalue weighted by atomic mass is 32.2. The van der Waals surface area contributed by atoms with E-state index < -0.39 is 29.3 Å². The fourth-order valence-electron chi connectivity index (χ4n) is 5.85. The van der Waals surface area contributed by atoms with Gasteiger partial charge in [0.2, 0.25) is 11.8 Å². The summed E-state index contributed by atoms with van der Waals surface area (Å²) >= 11 is -2.78. The van der Waals surface area contributed by atoms with Crippen molar-refractivity contribution in [1.29, 1.82) is 5.41 Å². The molecule has 234 valence electrons. The average Bonchev–Trinajstić information content (AvgIpc) is 3.04.